The van der Waals surface area contributed by atoms with Crippen molar-refractivity contribution in [2.75, 3.05) is 14.2 Å². The molecule has 0 aliphatic carbocycles. The molecule has 136 valence electrons. The summed E-state index contributed by atoms with van der Waals surface area (Å²) in [5, 5.41) is 13.7. The highest BCUT2D eigenvalue weighted by atomic mass is 16.5. The summed E-state index contributed by atoms with van der Waals surface area (Å²) in [5.74, 6) is 1.99. The largest absolute Gasteiger partial charge is 0.497 e. The van der Waals surface area contributed by atoms with Crippen molar-refractivity contribution < 1.29 is 14.7 Å². The summed E-state index contributed by atoms with van der Waals surface area (Å²) in [5.41, 5.74) is 3.75. The van der Waals surface area contributed by atoms with Gasteiger partial charge in [0.15, 0.2) is 0 Å². The van der Waals surface area contributed by atoms with Gasteiger partial charge in [-0.05, 0) is 38.0 Å². The summed E-state index contributed by atoms with van der Waals surface area (Å²) in [6.07, 6.45) is 2.55. The van der Waals surface area contributed by atoms with Gasteiger partial charge >= 0.3 is 0 Å². The third-order valence-electron chi connectivity index (χ3n) is 4.32. The highest BCUT2D eigenvalue weighted by molar-refractivity contribution is 6.09. The molecule has 7 heteroatoms. The molecule has 0 aliphatic rings. The highest BCUT2D eigenvalue weighted by Crippen LogP contribution is 2.33. The molecular formula is C19H22N4O3. The average molecular weight is 354 g/mol. The molecule has 26 heavy (non-hydrogen) atoms. The van der Waals surface area contributed by atoms with Crippen LogP contribution in [0.4, 0.5) is 0 Å². The van der Waals surface area contributed by atoms with Crippen LogP contribution in [0.2, 0.25) is 0 Å². The third kappa shape index (κ3) is 2.85. The number of hydrogen-bond acceptors (Lipinski definition) is 6. The van der Waals surface area contributed by atoms with Crippen molar-refractivity contribution in [2.24, 2.45) is 5.16 Å². The summed E-state index contributed by atoms with van der Waals surface area (Å²) < 4.78 is 12.8. The molecule has 0 saturated carbocycles. The second-order valence-electron chi connectivity index (χ2n) is 5.94. The third-order valence-corrected chi connectivity index (χ3v) is 4.32. The molecule has 2 aromatic heterocycles. The Morgan fingerprint density at radius 3 is 2.58 bits per heavy atom. The van der Waals surface area contributed by atoms with Gasteiger partial charge in [0.1, 0.15) is 34.4 Å². The first kappa shape index (κ1) is 17.7. The fourth-order valence-corrected chi connectivity index (χ4v) is 3.08. The molecule has 3 rings (SSSR count). The summed E-state index contributed by atoms with van der Waals surface area (Å²) in [6.45, 7) is 5.74. The van der Waals surface area contributed by atoms with E-state index in [2.05, 4.69) is 15.1 Å². The molecule has 1 N–H and O–H groups in total. The zero-order valence-corrected chi connectivity index (χ0v) is 15.6. The van der Waals surface area contributed by atoms with Crippen molar-refractivity contribution in [1.82, 2.24) is 14.5 Å². The molecule has 0 saturated heterocycles. The molecule has 0 radical (unpaired) electrons. The van der Waals surface area contributed by atoms with E-state index in [9.17, 15) is 5.21 Å². The standard InChI is InChI=1S/C19H22N4O3/c1-6-14(22-24)18-17-11(2)10-23(19(17)21-12(3)20-18)15-8-7-13(25-4)9-16(15)26-5/h7-10,24H,6H2,1-5H3/b22-14-. The van der Waals surface area contributed by atoms with E-state index in [4.69, 9.17) is 9.47 Å². The summed E-state index contributed by atoms with van der Waals surface area (Å²) in [6, 6.07) is 5.63. The Labute approximate surface area is 151 Å². The highest BCUT2D eigenvalue weighted by Gasteiger charge is 2.19. The van der Waals surface area contributed by atoms with E-state index < -0.39 is 0 Å². The Hall–Kier alpha value is -3.09. The number of ether oxygens (including phenoxy) is 2. The molecule has 0 spiro atoms. The average Bonchev–Trinajstić information content (AvgIpc) is 2.98. The van der Waals surface area contributed by atoms with Gasteiger partial charge in [-0.25, -0.2) is 9.97 Å². The summed E-state index contributed by atoms with van der Waals surface area (Å²) >= 11 is 0. The fourth-order valence-electron chi connectivity index (χ4n) is 3.08. The van der Waals surface area contributed by atoms with E-state index >= 15 is 0 Å². The monoisotopic (exact) mass is 354 g/mol. The lowest BCUT2D eigenvalue weighted by molar-refractivity contribution is 0.318. The molecule has 0 atom stereocenters. The van der Waals surface area contributed by atoms with Crippen molar-refractivity contribution >= 4 is 16.7 Å². The van der Waals surface area contributed by atoms with Gasteiger partial charge in [-0.15, -0.1) is 0 Å². The maximum Gasteiger partial charge on any atom is 0.149 e. The van der Waals surface area contributed by atoms with Crippen LogP contribution in [0, 0.1) is 13.8 Å². The smallest absolute Gasteiger partial charge is 0.149 e. The number of methoxy groups -OCH3 is 2. The second kappa shape index (κ2) is 7.03. The molecular weight excluding hydrogens is 332 g/mol. The second-order valence-corrected chi connectivity index (χ2v) is 5.94. The maximum absolute atomic E-state index is 9.37. The molecule has 0 aliphatic heterocycles. The Kier molecular flexibility index (Phi) is 4.79. The number of aryl methyl sites for hydroxylation is 2. The predicted octanol–water partition coefficient (Wildman–Crippen LogP) is 3.64. The summed E-state index contributed by atoms with van der Waals surface area (Å²) in [7, 11) is 3.24. The predicted molar refractivity (Wildman–Crippen MR) is 100 cm³/mol. The first-order valence-electron chi connectivity index (χ1n) is 8.34. The lowest BCUT2D eigenvalue weighted by atomic mass is 10.1. The first-order valence-corrected chi connectivity index (χ1v) is 8.34. The molecule has 0 unspecified atom stereocenters. The van der Waals surface area contributed by atoms with Crippen molar-refractivity contribution in [1.29, 1.82) is 0 Å². The fraction of sp³-hybridized carbons (Fsp3) is 0.316. The lowest BCUT2D eigenvalue weighted by Crippen LogP contribution is -2.07. The number of fused-ring (bicyclic) bond motifs is 1. The number of nitrogens with zero attached hydrogens (tertiary/aromatic N) is 4. The zero-order chi connectivity index (χ0) is 18.8. The number of benzene rings is 1. The van der Waals surface area contributed by atoms with E-state index in [1.165, 1.54) is 0 Å². The van der Waals surface area contributed by atoms with Gasteiger partial charge in [0.05, 0.1) is 19.9 Å². The van der Waals surface area contributed by atoms with Crippen LogP contribution >= 0.6 is 0 Å². The van der Waals surface area contributed by atoms with Crippen molar-refractivity contribution in [3.05, 3.63) is 41.5 Å². The normalized spacial score (nSPS) is 11.8. The van der Waals surface area contributed by atoms with Crippen LogP contribution in [0.5, 0.6) is 11.5 Å². The molecule has 0 bridgehead atoms. The Morgan fingerprint density at radius 2 is 1.96 bits per heavy atom. The summed E-state index contributed by atoms with van der Waals surface area (Å²) in [4.78, 5) is 9.15. The van der Waals surface area contributed by atoms with Crippen LogP contribution in [0.25, 0.3) is 16.7 Å². The van der Waals surface area contributed by atoms with Gasteiger partial charge in [0.2, 0.25) is 0 Å². The number of aromatic nitrogens is 3. The molecule has 0 amide bonds. The quantitative estimate of drug-likeness (QED) is 0.430. The molecule has 0 fully saturated rings. The zero-order valence-electron chi connectivity index (χ0n) is 15.6. The van der Waals surface area contributed by atoms with Crippen LogP contribution in [-0.4, -0.2) is 39.7 Å². The maximum atomic E-state index is 9.37. The van der Waals surface area contributed by atoms with Crippen molar-refractivity contribution in [3.63, 3.8) is 0 Å². The lowest BCUT2D eigenvalue weighted by Gasteiger charge is -2.12. The number of hydrogen-bond donors (Lipinski definition) is 1. The molecule has 2 heterocycles. The topological polar surface area (TPSA) is 81.8 Å². The van der Waals surface area contributed by atoms with Crippen molar-refractivity contribution in [2.45, 2.75) is 27.2 Å². The van der Waals surface area contributed by atoms with E-state index in [0.29, 0.717) is 35.1 Å². The SMILES string of the molecule is CC/C(=N/O)c1nc(C)nc2c1c(C)cn2-c1ccc(OC)cc1OC. The number of oxime groups is 1. The Bertz CT molecular complexity index is 992. The van der Waals surface area contributed by atoms with E-state index in [0.717, 1.165) is 22.3 Å². The minimum absolute atomic E-state index is 0.531. The first-order chi connectivity index (χ1) is 12.5. The van der Waals surface area contributed by atoms with Gasteiger partial charge in [0.25, 0.3) is 0 Å². The van der Waals surface area contributed by atoms with E-state index in [1.807, 2.05) is 49.7 Å². The van der Waals surface area contributed by atoms with Crippen LogP contribution in [0.3, 0.4) is 0 Å². The Morgan fingerprint density at radius 1 is 1.19 bits per heavy atom. The number of rotatable bonds is 5. The van der Waals surface area contributed by atoms with Crippen LogP contribution in [-0.2, 0) is 0 Å². The van der Waals surface area contributed by atoms with Gasteiger partial charge < -0.3 is 14.7 Å². The van der Waals surface area contributed by atoms with Gasteiger partial charge in [-0.1, -0.05) is 12.1 Å². The van der Waals surface area contributed by atoms with Crippen molar-refractivity contribution in [3.8, 4) is 17.2 Å². The van der Waals surface area contributed by atoms with Gasteiger partial charge in [0, 0.05) is 17.6 Å². The molecule has 3 aromatic rings. The van der Waals surface area contributed by atoms with E-state index in [-0.39, 0.29) is 0 Å². The van der Waals surface area contributed by atoms with E-state index in [1.54, 1.807) is 14.2 Å². The van der Waals surface area contributed by atoms with Crippen LogP contribution < -0.4 is 9.47 Å². The Balaban J connectivity index is 2.33. The van der Waals surface area contributed by atoms with Crippen LogP contribution in [0.1, 0.15) is 30.4 Å². The minimum Gasteiger partial charge on any atom is -0.497 e. The minimum atomic E-state index is 0.531. The molecule has 1 aromatic carbocycles. The van der Waals surface area contributed by atoms with Gasteiger partial charge in [-0.3, -0.25) is 4.57 Å². The van der Waals surface area contributed by atoms with Crippen LogP contribution in [0.15, 0.2) is 29.6 Å². The van der Waals surface area contributed by atoms with Gasteiger partial charge in [-0.2, -0.15) is 0 Å². The molecule has 7 nitrogen and oxygen atoms in total.